The molecule has 0 bridgehead atoms. The van der Waals surface area contributed by atoms with Crippen LogP contribution in [0.25, 0.3) is 0 Å². The summed E-state index contributed by atoms with van der Waals surface area (Å²) in [6.07, 6.45) is 1.01. The second-order valence-electron chi connectivity index (χ2n) is 4.86. The first-order valence-corrected chi connectivity index (χ1v) is 7.81. The molecule has 0 aliphatic carbocycles. The summed E-state index contributed by atoms with van der Waals surface area (Å²) in [5.41, 5.74) is 0.607. The van der Waals surface area contributed by atoms with Crippen molar-refractivity contribution in [3.05, 3.63) is 22.4 Å². The van der Waals surface area contributed by atoms with Crippen LogP contribution >= 0.6 is 11.3 Å². The number of thiophene rings is 1. The molecule has 6 heteroatoms. The molecule has 20 heavy (non-hydrogen) atoms. The van der Waals surface area contributed by atoms with E-state index in [0.717, 1.165) is 19.6 Å². The fourth-order valence-corrected chi connectivity index (χ4v) is 2.85. The highest BCUT2D eigenvalue weighted by molar-refractivity contribution is 7.08. The van der Waals surface area contributed by atoms with Crippen molar-refractivity contribution in [1.29, 1.82) is 0 Å². The minimum absolute atomic E-state index is 0.0389. The molecule has 1 aliphatic heterocycles. The molecule has 1 fully saturated rings. The minimum atomic E-state index is -0.195. The number of carbonyl (C=O) groups is 2. The van der Waals surface area contributed by atoms with E-state index in [1.54, 1.807) is 16.3 Å². The van der Waals surface area contributed by atoms with E-state index in [0.29, 0.717) is 24.6 Å². The lowest BCUT2D eigenvalue weighted by Gasteiger charge is -2.23. The van der Waals surface area contributed by atoms with E-state index in [1.165, 1.54) is 11.3 Å². The van der Waals surface area contributed by atoms with Crippen molar-refractivity contribution in [2.75, 3.05) is 32.8 Å². The Morgan fingerprint density at radius 3 is 3.00 bits per heavy atom. The largest absolute Gasteiger partial charge is 0.381 e. The maximum absolute atomic E-state index is 12.1. The molecule has 0 radical (unpaired) electrons. The lowest BCUT2D eigenvalue weighted by atomic mass is 10.1. The molecule has 2 heterocycles. The maximum atomic E-state index is 12.1. The topological polar surface area (TPSA) is 58.6 Å². The summed E-state index contributed by atoms with van der Waals surface area (Å²) in [5, 5.41) is 6.28. The van der Waals surface area contributed by atoms with Gasteiger partial charge in [0.1, 0.15) is 0 Å². The highest BCUT2D eigenvalue weighted by Gasteiger charge is 2.21. The molecule has 0 aromatic carbocycles. The highest BCUT2D eigenvalue weighted by atomic mass is 32.1. The summed E-state index contributed by atoms with van der Waals surface area (Å²) < 4.78 is 5.32. The Bertz CT molecular complexity index is 441. The Morgan fingerprint density at radius 1 is 1.55 bits per heavy atom. The number of hydrogen-bond acceptors (Lipinski definition) is 4. The number of amides is 2. The van der Waals surface area contributed by atoms with Gasteiger partial charge in [-0.15, -0.1) is 0 Å². The monoisotopic (exact) mass is 296 g/mol. The Hall–Kier alpha value is -1.40. The predicted molar refractivity (Wildman–Crippen MR) is 77.8 cm³/mol. The molecular weight excluding hydrogens is 276 g/mol. The van der Waals surface area contributed by atoms with Gasteiger partial charge in [0.15, 0.2) is 0 Å². The Balaban J connectivity index is 1.78. The van der Waals surface area contributed by atoms with Crippen LogP contribution in [0, 0.1) is 5.92 Å². The van der Waals surface area contributed by atoms with Gasteiger partial charge in [-0.1, -0.05) is 0 Å². The van der Waals surface area contributed by atoms with Gasteiger partial charge in [-0.25, -0.2) is 0 Å². The summed E-state index contributed by atoms with van der Waals surface area (Å²) >= 11 is 1.46. The molecule has 1 N–H and O–H groups in total. The van der Waals surface area contributed by atoms with Crippen molar-refractivity contribution >= 4 is 23.2 Å². The molecule has 5 nitrogen and oxygen atoms in total. The molecule has 0 spiro atoms. The van der Waals surface area contributed by atoms with Crippen LogP contribution < -0.4 is 5.32 Å². The third kappa shape index (κ3) is 4.05. The number of likely N-dealkylation sites (N-methyl/N-ethyl adjacent to an activating group) is 1. The number of rotatable bonds is 6. The molecule has 1 aromatic rings. The number of nitrogens with zero attached hydrogens (tertiary/aromatic N) is 1. The van der Waals surface area contributed by atoms with Crippen molar-refractivity contribution in [3.63, 3.8) is 0 Å². The maximum Gasteiger partial charge on any atom is 0.252 e. The molecule has 1 atom stereocenters. The lowest BCUT2D eigenvalue weighted by molar-refractivity contribution is -0.130. The average Bonchev–Trinajstić information content (AvgIpc) is 3.14. The number of carbonyl (C=O) groups excluding carboxylic acids is 2. The molecule has 2 rings (SSSR count). The molecule has 2 amide bonds. The standard InChI is InChI=1S/C14H20N2O3S/c1-2-16(8-11-3-5-19-9-11)13(17)7-15-14(18)12-4-6-20-10-12/h4,6,10-11H,2-3,5,7-9H2,1H3,(H,15,18)/t11-/m1/s1. The van der Waals surface area contributed by atoms with Gasteiger partial charge in [-0.3, -0.25) is 9.59 Å². The second-order valence-corrected chi connectivity index (χ2v) is 5.64. The predicted octanol–water partition coefficient (Wildman–Crippen LogP) is 1.36. The summed E-state index contributed by atoms with van der Waals surface area (Å²) in [4.78, 5) is 25.7. The quantitative estimate of drug-likeness (QED) is 0.862. The van der Waals surface area contributed by atoms with Crippen molar-refractivity contribution in [3.8, 4) is 0 Å². The minimum Gasteiger partial charge on any atom is -0.381 e. The third-order valence-corrected chi connectivity index (χ3v) is 4.10. The fourth-order valence-electron chi connectivity index (χ4n) is 2.21. The lowest BCUT2D eigenvalue weighted by Crippen LogP contribution is -2.42. The van der Waals surface area contributed by atoms with Crippen LogP contribution in [0.5, 0.6) is 0 Å². The third-order valence-electron chi connectivity index (χ3n) is 3.42. The van der Waals surface area contributed by atoms with Gasteiger partial charge in [-0.05, 0) is 24.8 Å². The summed E-state index contributed by atoms with van der Waals surface area (Å²) in [5.74, 6) is 0.189. The SMILES string of the molecule is CCN(C[C@H]1CCOC1)C(=O)CNC(=O)c1ccsc1. The van der Waals surface area contributed by atoms with E-state index in [4.69, 9.17) is 4.74 Å². The molecule has 1 aromatic heterocycles. The molecule has 1 saturated heterocycles. The van der Waals surface area contributed by atoms with Gasteiger partial charge in [0.2, 0.25) is 5.91 Å². The highest BCUT2D eigenvalue weighted by Crippen LogP contribution is 2.13. The fraction of sp³-hybridized carbons (Fsp3) is 0.571. The van der Waals surface area contributed by atoms with Gasteiger partial charge < -0.3 is 15.0 Å². The number of ether oxygens (including phenoxy) is 1. The first kappa shape index (κ1) is 15.0. The van der Waals surface area contributed by atoms with E-state index in [2.05, 4.69) is 5.32 Å². The van der Waals surface area contributed by atoms with E-state index >= 15 is 0 Å². The first-order valence-electron chi connectivity index (χ1n) is 6.86. The zero-order valence-electron chi connectivity index (χ0n) is 11.6. The van der Waals surface area contributed by atoms with Crippen LogP contribution in [0.3, 0.4) is 0 Å². The Morgan fingerprint density at radius 2 is 2.40 bits per heavy atom. The van der Waals surface area contributed by atoms with Crippen LogP contribution in [-0.2, 0) is 9.53 Å². The van der Waals surface area contributed by atoms with Crippen molar-refractivity contribution < 1.29 is 14.3 Å². The summed E-state index contributed by atoms with van der Waals surface area (Å²) in [7, 11) is 0. The molecular formula is C14H20N2O3S. The van der Waals surface area contributed by atoms with Crippen molar-refractivity contribution in [2.24, 2.45) is 5.92 Å². The molecule has 110 valence electrons. The Kier molecular flexibility index (Phi) is 5.55. The number of nitrogens with one attached hydrogen (secondary N) is 1. The smallest absolute Gasteiger partial charge is 0.252 e. The molecule has 0 saturated carbocycles. The van der Waals surface area contributed by atoms with Gasteiger partial charge in [0, 0.05) is 36.6 Å². The zero-order chi connectivity index (χ0) is 14.4. The van der Waals surface area contributed by atoms with E-state index in [1.807, 2.05) is 12.3 Å². The second kappa shape index (κ2) is 7.40. The van der Waals surface area contributed by atoms with Crippen LogP contribution in [0.15, 0.2) is 16.8 Å². The van der Waals surface area contributed by atoms with Gasteiger partial charge in [0.05, 0.1) is 13.2 Å². The van der Waals surface area contributed by atoms with Crippen LogP contribution in [-0.4, -0.2) is 49.6 Å². The van der Waals surface area contributed by atoms with E-state index in [-0.39, 0.29) is 18.4 Å². The van der Waals surface area contributed by atoms with Crippen molar-refractivity contribution in [2.45, 2.75) is 13.3 Å². The molecule has 0 unspecified atom stereocenters. The van der Waals surface area contributed by atoms with Gasteiger partial charge in [0.25, 0.3) is 5.91 Å². The summed E-state index contributed by atoms with van der Waals surface area (Å²) in [6, 6.07) is 1.75. The summed E-state index contributed by atoms with van der Waals surface area (Å²) in [6.45, 7) is 4.88. The average molecular weight is 296 g/mol. The number of hydrogen-bond donors (Lipinski definition) is 1. The van der Waals surface area contributed by atoms with E-state index < -0.39 is 0 Å². The van der Waals surface area contributed by atoms with Crippen LogP contribution in [0.2, 0.25) is 0 Å². The first-order chi connectivity index (χ1) is 9.70. The van der Waals surface area contributed by atoms with Crippen LogP contribution in [0.1, 0.15) is 23.7 Å². The zero-order valence-corrected chi connectivity index (χ0v) is 12.4. The molecule has 1 aliphatic rings. The van der Waals surface area contributed by atoms with E-state index in [9.17, 15) is 9.59 Å². The van der Waals surface area contributed by atoms with Crippen molar-refractivity contribution in [1.82, 2.24) is 10.2 Å². The Labute approximate surface area is 122 Å². The van der Waals surface area contributed by atoms with Gasteiger partial charge >= 0.3 is 0 Å². The van der Waals surface area contributed by atoms with Gasteiger partial charge in [-0.2, -0.15) is 11.3 Å². The van der Waals surface area contributed by atoms with Crippen LogP contribution in [0.4, 0.5) is 0 Å². The normalized spacial score (nSPS) is 17.9.